The van der Waals surface area contributed by atoms with Crippen LogP contribution in [0.4, 0.5) is 0 Å². The lowest BCUT2D eigenvalue weighted by molar-refractivity contribution is 0.599. The molecule has 0 saturated carbocycles. The summed E-state index contributed by atoms with van der Waals surface area (Å²) in [5.41, 5.74) is 0. The molecule has 0 amide bonds. The van der Waals surface area contributed by atoms with Crippen LogP contribution in [0.3, 0.4) is 0 Å². The third-order valence-electron chi connectivity index (χ3n) is 1.97. The number of hydrogen-bond donors (Lipinski definition) is 1. The van der Waals surface area contributed by atoms with E-state index in [1.807, 2.05) is 20.8 Å². The molecule has 12 heavy (non-hydrogen) atoms. The molecule has 1 atom stereocenters. The molecule has 0 aliphatic rings. The molecule has 0 spiro atoms. The average Bonchev–Trinajstić information content (AvgIpc) is 1.81. The summed E-state index contributed by atoms with van der Waals surface area (Å²) in [5, 5.41) is 0. The second-order valence-corrected chi connectivity index (χ2v) is 7.66. The molecule has 2 nitrogen and oxygen atoms in total. The summed E-state index contributed by atoms with van der Waals surface area (Å²) < 4.78 is 19.1. The highest BCUT2D eigenvalue weighted by atomic mass is 32.2. The van der Waals surface area contributed by atoms with Gasteiger partial charge in [0.1, 0.15) is 0 Å². The molecule has 0 aliphatic heterocycles. The minimum Gasteiger partial charge on any atom is -0.252 e. The van der Waals surface area contributed by atoms with E-state index >= 15 is 0 Å². The standard InChI is InChI=1S/C9H21NOS/c1-8(2)6-7-12(10,11)9(3,4)5/h8,10H,6-7H2,1-5H3. The lowest BCUT2D eigenvalue weighted by Crippen LogP contribution is -2.29. The molecule has 0 bridgehead atoms. The Morgan fingerprint density at radius 1 is 1.33 bits per heavy atom. The van der Waals surface area contributed by atoms with Gasteiger partial charge in [0.15, 0.2) is 0 Å². The fourth-order valence-corrected chi connectivity index (χ4v) is 2.12. The fourth-order valence-electron chi connectivity index (χ4n) is 0.708. The Kier molecular flexibility index (Phi) is 3.76. The Hall–Kier alpha value is -0.0500. The lowest BCUT2D eigenvalue weighted by Gasteiger charge is -2.22. The first-order chi connectivity index (χ1) is 5.17. The van der Waals surface area contributed by atoms with E-state index in [1.165, 1.54) is 0 Å². The maximum atomic E-state index is 11.8. The first kappa shape index (κ1) is 11.9. The smallest absolute Gasteiger partial charge is 0.0491 e. The van der Waals surface area contributed by atoms with Crippen molar-refractivity contribution in [3.8, 4) is 0 Å². The minimum absolute atomic E-state index is 0.373. The van der Waals surface area contributed by atoms with Crippen molar-refractivity contribution in [3.05, 3.63) is 0 Å². The quantitative estimate of drug-likeness (QED) is 0.732. The van der Waals surface area contributed by atoms with Crippen LogP contribution in [0.2, 0.25) is 0 Å². The van der Waals surface area contributed by atoms with Crippen LogP contribution >= 0.6 is 0 Å². The number of nitrogens with one attached hydrogen (secondary N) is 1. The molecule has 0 saturated heterocycles. The Bertz CT molecular complexity index is 221. The van der Waals surface area contributed by atoms with Gasteiger partial charge in [-0.3, -0.25) is 4.78 Å². The monoisotopic (exact) mass is 191 g/mol. The first-order valence-electron chi connectivity index (χ1n) is 4.43. The van der Waals surface area contributed by atoms with Crippen LogP contribution in [0, 0.1) is 10.7 Å². The molecule has 0 aliphatic carbocycles. The molecule has 0 aromatic rings. The molecule has 0 aromatic heterocycles. The highest BCUT2D eigenvalue weighted by Gasteiger charge is 2.24. The van der Waals surface area contributed by atoms with E-state index in [-0.39, 0.29) is 4.75 Å². The van der Waals surface area contributed by atoms with Gasteiger partial charge < -0.3 is 0 Å². The van der Waals surface area contributed by atoms with Crippen LogP contribution in [-0.4, -0.2) is 14.7 Å². The molecule has 0 heterocycles. The molecule has 0 radical (unpaired) electrons. The summed E-state index contributed by atoms with van der Waals surface area (Å²) in [6, 6.07) is 0. The number of rotatable bonds is 3. The van der Waals surface area contributed by atoms with Crippen LogP contribution in [0.25, 0.3) is 0 Å². The second kappa shape index (κ2) is 3.77. The van der Waals surface area contributed by atoms with E-state index in [0.717, 1.165) is 6.42 Å². The first-order valence-corrected chi connectivity index (χ1v) is 6.15. The second-order valence-electron chi connectivity index (χ2n) is 4.67. The van der Waals surface area contributed by atoms with E-state index in [2.05, 4.69) is 13.8 Å². The zero-order chi connectivity index (χ0) is 9.99. The minimum atomic E-state index is -2.39. The van der Waals surface area contributed by atoms with Gasteiger partial charge in [-0.05, 0) is 33.1 Å². The highest BCUT2D eigenvalue weighted by Crippen LogP contribution is 2.19. The van der Waals surface area contributed by atoms with E-state index in [0.29, 0.717) is 11.7 Å². The van der Waals surface area contributed by atoms with Crippen molar-refractivity contribution in [1.29, 1.82) is 4.78 Å². The molecule has 1 unspecified atom stereocenters. The lowest BCUT2D eigenvalue weighted by atomic mass is 10.2. The molecule has 0 fully saturated rings. The van der Waals surface area contributed by atoms with Crippen molar-refractivity contribution >= 4 is 9.73 Å². The van der Waals surface area contributed by atoms with Crippen LogP contribution in [0.15, 0.2) is 0 Å². The molecule has 1 N–H and O–H groups in total. The Labute approximate surface area is 76.7 Å². The van der Waals surface area contributed by atoms with Gasteiger partial charge in [0.2, 0.25) is 0 Å². The van der Waals surface area contributed by atoms with E-state index in [1.54, 1.807) is 0 Å². The number of hydrogen-bond acceptors (Lipinski definition) is 2. The Morgan fingerprint density at radius 3 is 2.00 bits per heavy atom. The maximum absolute atomic E-state index is 11.8. The molecule has 3 heteroatoms. The zero-order valence-electron chi connectivity index (χ0n) is 8.81. The third-order valence-corrected chi connectivity index (χ3v) is 4.76. The maximum Gasteiger partial charge on any atom is 0.0491 e. The van der Waals surface area contributed by atoms with Gasteiger partial charge in [-0.2, -0.15) is 0 Å². The average molecular weight is 191 g/mol. The molecular weight excluding hydrogens is 170 g/mol. The normalized spacial score (nSPS) is 17.8. The molecule has 0 aromatic carbocycles. The van der Waals surface area contributed by atoms with E-state index in [4.69, 9.17) is 4.78 Å². The molecule has 74 valence electrons. The van der Waals surface area contributed by atoms with Gasteiger partial charge in [0.25, 0.3) is 0 Å². The third kappa shape index (κ3) is 3.57. The van der Waals surface area contributed by atoms with Gasteiger partial charge >= 0.3 is 0 Å². The van der Waals surface area contributed by atoms with Crippen molar-refractivity contribution in [1.82, 2.24) is 0 Å². The van der Waals surface area contributed by atoms with Gasteiger partial charge in [0.05, 0.1) is 0 Å². The topological polar surface area (TPSA) is 40.9 Å². The summed E-state index contributed by atoms with van der Waals surface area (Å²) >= 11 is 0. The Balaban J connectivity index is 4.27. The van der Waals surface area contributed by atoms with Crippen LogP contribution in [-0.2, 0) is 9.73 Å². The van der Waals surface area contributed by atoms with Gasteiger partial charge in [-0.15, -0.1) is 0 Å². The van der Waals surface area contributed by atoms with Crippen LogP contribution in [0.5, 0.6) is 0 Å². The van der Waals surface area contributed by atoms with Crippen LogP contribution < -0.4 is 0 Å². The van der Waals surface area contributed by atoms with Crippen molar-refractivity contribution in [2.24, 2.45) is 5.92 Å². The summed E-state index contributed by atoms with van der Waals surface area (Å²) in [6.07, 6.45) is 0.888. The van der Waals surface area contributed by atoms with Gasteiger partial charge in [-0.25, -0.2) is 4.21 Å². The predicted octanol–water partition coefficient (Wildman–Crippen LogP) is 2.88. The highest BCUT2D eigenvalue weighted by molar-refractivity contribution is 7.93. The SMILES string of the molecule is CC(C)CCS(=N)(=O)C(C)(C)C. The van der Waals surface area contributed by atoms with Crippen LogP contribution in [0.1, 0.15) is 41.0 Å². The Morgan fingerprint density at radius 2 is 1.75 bits per heavy atom. The molecular formula is C9H21NOS. The predicted molar refractivity (Wildman–Crippen MR) is 54.9 cm³/mol. The molecule has 0 rings (SSSR count). The summed E-state index contributed by atoms with van der Waals surface area (Å²) in [7, 11) is -2.39. The summed E-state index contributed by atoms with van der Waals surface area (Å²) in [5.74, 6) is 1.08. The van der Waals surface area contributed by atoms with Crippen molar-refractivity contribution in [2.45, 2.75) is 45.8 Å². The van der Waals surface area contributed by atoms with Crippen molar-refractivity contribution < 1.29 is 4.21 Å². The van der Waals surface area contributed by atoms with Gasteiger partial charge in [0, 0.05) is 20.2 Å². The van der Waals surface area contributed by atoms with E-state index < -0.39 is 9.73 Å². The largest absolute Gasteiger partial charge is 0.252 e. The summed E-state index contributed by atoms with van der Waals surface area (Å²) in [4.78, 5) is 0. The van der Waals surface area contributed by atoms with E-state index in [9.17, 15) is 4.21 Å². The van der Waals surface area contributed by atoms with Crippen molar-refractivity contribution in [2.75, 3.05) is 5.75 Å². The fraction of sp³-hybridized carbons (Fsp3) is 1.00. The zero-order valence-corrected chi connectivity index (χ0v) is 9.62. The van der Waals surface area contributed by atoms with Crippen molar-refractivity contribution in [3.63, 3.8) is 0 Å². The summed E-state index contributed by atoms with van der Waals surface area (Å²) in [6.45, 7) is 9.82. The van der Waals surface area contributed by atoms with Gasteiger partial charge in [-0.1, -0.05) is 13.8 Å².